The van der Waals surface area contributed by atoms with E-state index in [0.717, 1.165) is 0 Å². The lowest BCUT2D eigenvalue weighted by Gasteiger charge is -2.21. The van der Waals surface area contributed by atoms with Gasteiger partial charge in [0.15, 0.2) is 0 Å². The van der Waals surface area contributed by atoms with Crippen molar-refractivity contribution in [3.63, 3.8) is 0 Å². The standard InChI is InChI=1S/C7H8N6O6/c8-4-10-5(9)12-6(11-4)13-7(1(14)15,2(16)17)3(18)19/h(H,14,15)(H,16,17)(H,18,19)(H5,8,9,10,11,12,13). The van der Waals surface area contributed by atoms with E-state index in [0.29, 0.717) is 0 Å². The van der Waals surface area contributed by atoms with Crippen LogP contribution in [0.5, 0.6) is 0 Å². The molecule has 0 atom stereocenters. The summed E-state index contributed by atoms with van der Waals surface area (Å²) in [6.07, 6.45) is 0. The van der Waals surface area contributed by atoms with Crippen LogP contribution in [0.2, 0.25) is 0 Å². The van der Waals surface area contributed by atoms with Gasteiger partial charge in [0.2, 0.25) is 17.8 Å². The summed E-state index contributed by atoms with van der Waals surface area (Å²) >= 11 is 0. The Kier molecular flexibility index (Phi) is 3.36. The summed E-state index contributed by atoms with van der Waals surface area (Å²) in [5.74, 6) is -8.10. The smallest absolute Gasteiger partial charge is 0.353 e. The van der Waals surface area contributed by atoms with Crippen LogP contribution in [0.25, 0.3) is 0 Å². The third-order valence-electron chi connectivity index (χ3n) is 1.93. The number of hydrogen-bond donors (Lipinski definition) is 6. The first-order valence-corrected chi connectivity index (χ1v) is 4.45. The van der Waals surface area contributed by atoms with Crippen molar-refractivity contribution in [2.45, 2.75) is 5.54 Å². The van der Waals surface area contributed by atoms with Crippen molar-refractivity contribution < 1.29 is 29.7 Å². The van der Waals surface area contributed by atoms with Gasteiger partial charge in [-0.15, -0.1) is 0 Å². The number of anilines is 3. The van der Waals surface area contributed by atoms with Crippen LogP contribution in [0.3, 0.4) is 0 Å². The lowest BCUT2D eigenvalue weighted by Crippen LogP contribution is -2.59. The van der Waals surface area contributed by atoms with Crippen molar-refractivity contribution in [3.05, 3.63) is 0 Å². The fourth-order valence-corrected chi connectivity index (χ4v) is 1.07. The summed E-state index contributed by atoms with van der Waals surface area (Å²) in [6, 6.07) is 0. The first-order chi connectivity index (χ1) is 8.70. The van der Waals surface area contributed by atoms with Gasteiger partial charge in [0.05, 0.1) is 0 Å². The number of carbonyl (C=O) groups is 3. The molecule has 0 amide bonds. The van der Waals surface area contributed by atoms with Gasteiger partial charge in [0.1, 0.15) is 0 Å². The van der Waals surface area contributed by atoms with Crippen LogP contribution in [0.1, 0.15) is 0 Å². The van der Waals surface area contributed by atoms with Crippen molar-refractivity contribution in [1.82, 2.24) is 15.0 Å². The highest BCUT2D eigenvalue weighted by atomic mass is 16.4. The molecule has 0 aromatic carbocycles. The molecule has 1 aromatic rings. The van der Waals surface area contributed by atoms with Gasteiger partial charge < -0.3 is 32.1 Å². The van der Waals surface area contributed by atoms with Gasteiger partial charge in [-0.3, -0.25) is 0 Å². The van der Waals surface area contributed by atoms with E-state index < -0.39 is 41.3 Å². The number of rotatable bonds is 5. The molecular weight excluding hydrogens is 264 g/mol. The quantitative estimate of drug-likeness (QED) is 0.305. The predicted octanol–water partition coefficient (Wildman–Crippen LogP) is -2.56. The Hall–Kier alpha value is -3.18. The number of carboxylic acids is 3. The number of nitrogens with zero attached hydrogens (tertiary/aromatic N) is 3. The Morgan fingerprint density at radius 1 is 0.895 bits per heavy atom. The average Bonchev–Trinajstić information content (AvgIpc) is 2.22. The first kappa shape index (κ1) is 13.9. The summed E-state index contributed by atoms with van der Waals surface area (Å²) in [7, 11) is 0. The maximum atomic E-state index is 10.9. The molecule has 0 aliphatic heterocycles. The molecule has 0 saturated carbocycles. The van der Waals surface area contributed by atoms with E-state index in [1.807, 2.05) is 0 Å². The SMILES string of the molecule is Nc1nc(N)nc(NC(C(=O)O)(C(=O)O)C(=O)O)n1. The normalized spacial score (nSPS) is 10.7. The number of nitrogens with one attached hydrogen (secondary N) is 1. The van der Waals surface area contributed by atoms with Crippen molar-refractivity contribution in [3.8, 4) is 0 Å². The van der Waals surface area contributed by atoms with Crippen LogP contribution < -0.4 is 16.8 Å². The maximum absolute atomic E-state index is 10.9. The zero-order valence-electron chi connectivity index (χ0n) is 9.06. The molecular formula is C7H8N6O6. The minimum absolute atomic E-state index is 0.440. The molecule has 19 heavy (non-hydrogen) atoms. The van der Waals surface area contributed by atoms with Crippen LogP contribution in [-0.2, 0) is 14.4 Å². The molecule has 0 saturated heterocycles. The molecule has 102 valence electrons. The fourth-order valence-electron chi connectivity index (χ4n) is 1.07. The number of carboxylic acid groups (broad SMARTS) is 3. The molecule has 0 radical (unpaired) electrons. The van der Waals surface area contributed by atoms with E-state index in [2.05, 4.69) is 15.0 Å². The number of aliphatic carboxylic acids is 3. The van der Waals surface area contributed by atoms with E-state index in [4.69, 9.17) is 26.8 Å². The second-order valence-electron chi connectivity index (χ2n) is 3.17. The Labute approximate surface area is 104 Å². The molecule has 1 rings (SSSR count). The van der Waals surface area contributed by atoms with E-state index in [-0.39, 0.29) is 0 Å². The van der Waals surface area contributed by atoms with Gasteiger partial charge in [-0.25, -0.2) is 14.4 Å². The number of hydrogen-bond acceptors (Lipinski definition) is 9. The molecule has 1 heterocycles. The van der Waals surface area contributed by atoms with E-state index in [1.54, 1.807) is 5.32 Å². The second kappa shape index (κ2) is 4.59. The summed E-state index contributed by atoms with van der Waals surface area (Å²) in [5.41, 5.74) is 6.99. The van der Waals surface area contributed by atoms with Gasteiger partial charge in [-0.05, 0) is 0 Å². The van der Waals surface area contributed by atoms with E-state index in [1.165, 1.54) is 0 Å². The largest absolute Gasteiger partial charge is 0.479 e. The highest BCUT2D eigenvalue weighted by molar-refractivity contribution is 6.24. The first-order valence-electron chi connectivity index (χ1n) is 4.45. The molecule has 0 spiro atoms. The van der Waals surface area contributed by atoms with Gasteiger partial charge in [0, 0.05) is 0 Å². The van der Waals surface area contributed by atoms with Crippen LogP contribution >= 0.6 is 0 Å². The molecule has 12 heteroatoms. The Bertz CT molecular complexity index is 503. The second-order valence-corrected chi connectivity index (χ2v) is 3.17. The molecule has 1 aromatic heterocycles. The topological polar surface area (TPSA) is 215 Å². The fraction of sp³-hybridized carbons (Fsp3) is 0.143. The highest BCUT2D eigenvalue weighted by Crippen LogP contribution is 2.15. The summed E-state index contributed by atoms with van der Waals surface area (Å²) in [5, 5.41) is 28.1. The third-order valence-corrected chi connectivity index (χ3v) is 1.93. The summed E-state index contributed by atoms with van der Waals surface area (Å²) in [4.78, 5) is 42.8. The van der Waals surface area contributed by atoms with Crippen molar-refractivity contribution >= 4 is 35.8 Å². The maximum Gasteiger partial charge on any atom is 0.353 e. The van der Waals surface area contributed by atoms with Crippen molar-refractivity contribution in [2.24, 2.45) is 0 Å². The van der Waals surface area contributed by atoms with E-state index in [9.17, 15) is 14.4 Å². The molecule has 0 fully saturated rings. The average molecular weight is 272 g/mol. The van der Waals surface area contributed by atoms with Gasteiger partial charge in [-0.1, -0.05) is 0 Å². The minimum atomic E-state index is -3.37. The lowest BCUT2D eigenvalue weighted by molar-refractivity contribution is -0.165. The summed E-state index contributed by atoms with van der Waals surface area (Å²) in [6.45, 7) is 0. The van der Waals surface area contributed by atoms with Gasteiger partial charge in [0.25, 0.3) is 0 Å². The summed E-state index contributed by atoms with van der Waals surface area (Å²) < 4.78 is 0. The number of nitrogens with two attached hydrogens (primary N) is 2. The molecule has 0 aliphatic carbocycles. The zero-order chi connectivity index (χ0) is 14.8. The molecule has 0 bridgehead atoms. The van der Waals surface area contributed by atoms with E-state index >= 15 is 0 Å². The minimum Gasteiger partial charge on any atom is -0.479 e. The van der Waals surface area contributed by atoms with Crippen LogP contribution in [-0.4, -0.2) is 53.7 Å². The van der Waals surface area contributed by atoms with Crippen LogP contribution in [0.4, 0.5) is 17.8 Å². The van der Waals surface area contributed by atoms with Gasteiger partial charge >= 0.3 is 23.4 Å². The predicted molar refractivity (Wildman–Crippen MR) is 57.9 cm³/mol. The third kappa shape index (κ3) is 2.41. The molecule has 0 unspecified atom stereocenters. The Morgan fingerprint density at radius 3 is 1.58 bits per heavy atom. The number of nitrogen functional groups attached to an aromatic ring is 2. The lowest BCUT2D eigenvalue weighted by atomic mass is 10.0. The Morgan fingerprint density at radius 2 is 1.26 bits per heavy atom. The Balaban J connectivity index is 3.32. The number of aromatic nitrogens is 3. The van der Waals surface area contributed by atoms with Crippen molar-refractivity contribution in [2.75, 3.05) is 16.8 Å². The van der Waals surface area contributed by atoms with Crippen LogP contribution in [0, 0.1) is 0 Å². The molecule has 12 nitrogen and oxygen atoms in total. The van der Waals surface area contributed by atoms with Crippen LogP contribution in [0.15, 0.2) is 0 Å². The van der Waals surface area contributed by atoms with Crippen molar-refractivity contribution in [1.29, 1.82) is 0 Å². The molecule has 8 N–H and O–H groups in total. The molecule has 0 aliphatic rings. The van der Waals surface area contributed by atoms with Gasteiger partial charge in [-0.2, -0.15) is 15.0 Å². The zero-order valence-corrected chi connectivity index (χ0v) is 9.06. The highest BCUT2D eigenvalue weighted by Gasteiger charge is 2.55. The monoisotopic (exact) mass is 272 g/mol.